The number of amides is 1. The fourth-order valence-electron chi connectivity index (χ4n) is 2.28. The van der Waals surface area contributed by atoms with Gasteiger partial charge in [0, 0.05) is 18.2 Å². The number of nitrogens with one attached hydrogen (secondary N) is 1. The number of rotatable bonds is 5. The molecule has 26 heavy (non-hydrogen) atoms. The maximum absolute atomic E-state index is 12.9. The van der Waals surface area contributed by atoms with Crippen LogP contribution in [-0.2, 0) is 17.5 Å². The molecular formula is C17H16F3N3O3. The largest absolute Gasteiger partial charge is 0.439 e. The third-order valence-corrected chi connectivity index (χ3v) is 3.68. The lowest BCUT2D eigenvalue weighted by Crippen LogP contribution is -2.48. The van der Waals surface area contributed by atoms with Crippen LogP contribution >= 0.6 is 0 Å². The Bertz CT molecular complexity index is 807. The molecule has 0 bridgehead atoms. The third-order valence-electron chi connectivity index (χ3n) is 3.68. The Morgan fingerprint density at radius 2 is 2.08 bits per heavy atom. The number of pyridine rings is 1. The highest BCUT2D eigenvalue weighted by Gasteiger charge is 2.33. The minimum Gasteiger partial charge on any atom is -0.439 e. The second-order valence-electron chi connectivity index (χ2n) is 5.74. The summed E-state index contributed by atoms with van der Waals surface area (Å²) in [5.74, 6) is -0.370. The molecule has 1 fully saturated rings. The molecule has 1 saturated heterocycles. The number of halogens is 3. The molecule has 0 unspecified atom stereocenters. The molecule has 0 saturated carbocycles. The average Bonchev–Trinajstić information content (AvgIpc) is 2.57. The van der Waals surface area contributed by atoms with E-state index in [0.717, 1.165) is 6.07 Å². The van der Waals surface area contributed by atoms with Crippen molar-refractivity contribution in [3.63, 3.8) is 0 Å². The van der Waals surface area contributed by atoms with Gasteiger partial charge in [-0.2, -0.15) is 13.2 Å². The van der Waals surface area contributed by atoms with Crippen LogP contribution in [0, 0.1) is 0 Å². The van der Waals surface area contributed by atoms with Crippen molar-refractivity contribution in [2.24, 2.45) is 5.73 Å². The average molecular weight is 367 g/mol. The fourth-order valence-corrected chi connectivity index (χ4v) is 2.28. The molecule has 1 aromatic heterocycles. The Kier molecular flexibility index (Phi) is 5.10. The van der Waals surface area contributed by atoms with Crippen LogP contribution in [0.1, 0.15) is 21.6 Å². The first-order chi connectivity index (χ1) is 12.3. The first-order valence-electron chi connectivity index (χ1n) is 7.80. The van der Waals surface area contributed by atoms with Crippen LogP contribution < -0.4 is 15.8 Å². The van der Waals surface area contributed by atoms with E-state index in [4.69, 9.17) is 15.2 Å². The molecule has 2 aromatic rings. The zero-order valence-corrected chi connectivity index (χ0v) is 13.5. The summed E-state index contributed by atoms with van der Waals surface area (Å²) in [6.07, 6.45) is -4.62. The predicted molar refractivity (Wildman–Crippen MR) is 85.7 cm³/mol. The second kappa shape index (κ2) is 7.30. The highest BCUT2D eigenvalue weighted by Crippen LogP contribution is 2.31. The molecule has 0 atom stereocenters. The van der Waals surface area contributed by atoms with Gasteiger partial charge >= 0.3 is 6.18 Å². The van der Waals surface area contributed by atoms with Gasteiger partial charge in [-0.1, -0.05) is 6.07 Å². The number of alkyl halides is 3. The highest BCUT2D eigenvalue weighted by molar-refractivity contribution is 5.94. The molecular weight excluding hydrogens is 351 g/mol. The van der Waals surface area contributed by atoms with Crippen molar-refractivity contribution in [2.45, 2.75) is 18.8 Å². The van der Waals surface area contributed by atoms with Gasteiger partial charge in [0.05, 0.1) is 19.3 Å². The fraction of sp³-hybridized carbons (Fsp3) is 0.294. The number of nitrogens with zero attached hydrogens (tertiary/aromatic N) is 1. The van der Waals surface area contributed by atoms with Gasteiger partial charge in [0.1, 0.15) is 11.4 Å². The Balaban J connectivity index is 1.80. The van der Waals surface area contributed by atoms with Crippen molar-refractivity contribution in [2.75, 3.05) is 13.2 Å². The number of aromatic nitrogens is 1. The zero-order chi connectivity index (χ0) is 18.7. The normalized spacial score (nSPS) is 14.6. The lowest BCUT2D eigenvalue weighted by atomic mass is 10.1. The van der Waals surface area contributed by atoms with Crippen molar-refractivity contribution in [1.82, 2.24) is 10.3 Å². The van der Waals surface area contributed by atoms with E-state index in [9.17, 15) is 18.0 Å². The molecule has 9 heteroatoms. The van der Waals surface area contributed by atoms with Gasteiger partial charge in [-0.05, 0) is 29.8 Å². The van der Waals surface area contributed by atoms with Gasteiger partial charge < -0.3 is 20.5 Å². The van der Waals surface area contributed by atoms with Crippen molar-refractivity contribution < 1.29 is 27.4 Å². The number of hydrogen-bond acceptors (Lipinski definition) is 5. The van der Waals surface area contributed by atoms with Crippen LogP contribution in [0.2, 0.25) is 0 Å². The molecule has 0 aliphatic carbocycles. The van der Waals surface area contributed by atoms with Gasteiger partial charge in [-0.25, -0.2) is 4.98 Å². The first kappa shape index (κ1) is 18.2. The third kappa shape index (κ3) is 4.30. The first-order valence-corrected chi connectivity index (χ1v) is 7.80. The smallest absolute Gasteiger partial charge is 0.433 e. The molecule has 0 radical (unpaired) electrons. The molecule has 1 aliphatic heterocycles. The van der Waals surface area contributed by atoms with Crippen LogP contribution in [0.15, 0.2) is 36.4 Å². The van der Waals surface area contributed by atoms with Gasteiger partial charge in [-0.3, -0.25) is 4.79 Å². The van der Waals surface area contributed by atoms with Crippen molar-refractivity contribution in [3.05, 3.63) is 53.2 Å². The quantitative estimate of drug-likeness (QED) is 0.848. The molecule has 3 rings (SSSR count). The zero-order valence-electron chi connectivity index (χ0n) is 13.5. The van der Waals surface area contributed by atoms with E-state index in [1.807, 2.05) is 0 Å². The van der Waals surface area contributed by atoms with Crippen molar-refractivity contribution in [3.8, 4) is 11.6 Å². The van der Waals surface area contributed by atoms with Crippen LogP contribution in [0.25, 0.3) is 0 Å². The summed E-state index contributed by atoms with van der Waals surface area (Å²) < 4.78 is 49.2. The van der Waals surface area contributed by atoms with Crippen molar-refractivity contribution in [1.29, 1.82) is 0 Å². The number of carbonyl (C=O) groups excluding carboxylic acids is 1. The van der Waals surface area contributed by atoms with Crippen molar-refractivity contribution >= 4 is 5.91 Å². The Morgan fingerprint density at radius 3 is 2.69 bits per heavy atom. The maximum atomic E-state index is 12.9. The summed E-state index contributed by atoms with van der Waals surface area (Å²) in [6, 6.07) is 8.26. The molecule has 2 heterocycles. The molecule has 6 nitrogen and oxygen atoms in total. The summed E-state index contributed by atoms with van der Waals surface area (Å²) >= 11 is 0. The van der Waals surface area contributed by atoms with Crippen LogP contribution in [0.4, 0.5) is 13.2 Å². The highest BCUT2D eigenvalue weighted by atomic mass is 19.4. The van der Waals surface area contributed by atoms with Crippen LogP contribution in [-0.4, -0.2) is 30.1 Å². The van der Waals surface area contributed by atoms with E-state index in [1.165, 1.54) is 18.2 Å². The lowest BCUT2D eigenvalue weighted by molar-refractivity contribution is -0.141. The summed E-state index contributed by atoms with van der Waals surface area (Å²) in [6.45, 7) is 0.823. The lowest BCUT2D eigenvalue weighted by Gasteiger charge is -2.26. The minimum absolute atomic E-state index is 0.0377. The van der Waals surface area contributed by atoms with Gasteiger partial charge in [0.15, 0.2) is 0 Å². The monoisotopic (exact) mass is 367 g/mol. The van der Waals surface area contributed by atoms with E-state index in [2.05, 4.69) is 10.3 Å². The number of ether oxygens (including phenoxy) is 2. The minimum atomic E-state index is -4.62. The molecule has 138 valence electrons. The van der Waals surface area contributed by atoms with Crippen LogP contribution in [0.5, 0.6) is 11.6 Å². The van der Waals surface area contributed by atoms with E-state index < -0.39 is 11.9 Å². The molecule has 0 spiro atoms. The Morgan fingerprint density at radius 1 is 1.31 bits per heavy atom. The van der Waals surface area contributed by atoms with Crippen LogP contribution in [0.3, 0.4) is 0 Å². The topological polar surface area (TPSA) is 86.5 Å². The standard InChI is InChI=1S/C17H16F3N3O3/c18-17(19,20)14-4-10(7-21)5-15(23-14)26-13-3-1-2-11(6-13)16(24)22-12-8-25-9-12/h1-6,12H,7-9,21H2,(H,22,24). The van der Waals surface area contributed by atoms with Gasteiger partial charge in [-0.15, -0.1) is 0 Å². The summed E-state index contributed by atoms with van der Waals surface area (Å²) in [5.41, 5.74) is 4.91. The van der Waals surface area contributed by atoms with E-state index in [-0.39, 0.29) is 35.7 Å². The summed E-state index contributed by atoms with van der Waals surface area (Å²) in [7, 11) is 0. The molecule has 3 N–H and O–H groups in total. The Labute approximate surface area is 147 Å². The maximum Gasteiger partial charge on any atom is 0.433 e. The van der Waals surface area contributed by atoms with E-state index in [1.54, 1.807) is 12.1 Å². The number of nitrogens with two attached hydrogens (primary N) is 1. The van der Waals surface area contributed by atoms with Gasteiger partial charge in [0.25, 0.3) is 5.91 Å². The Hall–Kier alpha value is -2.65. The molecule has 1 amide bonds. The van der Waals surface area contributed by atoms with E-state index >= 15 is 0 Å². The summed E-state index contributed by atoms with van der Waals surface area (Å²) in [4.78, 5) is 15.6. The summed E-state index contributed by atoms with van der Waals surface area (Å²) in [5, 5.41) is 2.77. The SMILES string of the molecule is NCc1cc(Oc2cccc(C(=O)NC3COC3)c2)nc(C(F)(F)F)c1. The number of benzene rings is 1. The number of carbonyl (C=O) groups is 1. The molecule has 1 aliphatic rings. The van der Waals surface area contributed by atoms with Gasteiger partial charge in [0.2, 0.25) is 5.88 Å². The second-order valence-corrected chi connectivity index (χ2v) is 5.74. The predicted octanol–water partition coefficient (Wildman–Crippen LogP) is 2.48. The molecule has 1 aromatic carbocycles. The number of hydrogen-bond donors (Lipinski definition) is 2. The van der Waals surface area contributed by atoms with E-state index in [0.29, 0.717) is 18.8 Å².